The Labute approximate surface area is 331 Å². The molecule has 0 bridgehead atoms. The van der Waals surface area contributed by atoms with E-state index in [9.17, 15) is 43.3 Å². The third kappa shape index (κ3) is 9.41. The summed E-state index contributed by atoms with van der Waals surface area (Å²) in [6.45, 7) is 9.34. The van der Waals surface area contributed by atoms with Crippen molar-refractivity contribution in [2.45, 2.75) is 66.0 Å². The molecule has 1 saturated carbocycles. The predicted octanol–water partition coefficient (Wildman–Crippen LogP) is 8.98. The number of carbonyl (C=O) groups is 2. The monoisotopic (exact) mass is 808 g/mol. The first-order valence-corrected chi connectivity index (χ1v) is 18.7. The van der Waals surface area contributed by atoms with Gasteiger partial charge in [-0.15, -0.1) is 0 Å². The molecule has 1 atom stereocenters. The molecule has 1 fully saturated rings. The molecule has 57 heavy (non-hydrogen) atoms. The van der Waals surface area contributed by atoms with E-state index in [1.54, 1.807) is 58.5 Å². The third-order valence-corrected chi connectivity index (χ3v) is 9.50. The van der Waals surface area contributed by atoms with Crippen LogP contribution in [0.3, 0.4) is 0 Å². The van der Waals surface area contributed by atoms with Crippen molar-refractivity contribution in [3.63, 3.8) is 0 Å². The average molecular weight is 809 g/mol. The van der Waals surface area contributed by atoms with Gasteiger partial charge in [-0.2, -0.15) is 0 Å². The van der Waals surface area contributed by atoms with Crippen molar-refractivity contribution in [3.05, 3.63) is 133 Å². The van der Waals surface area contributed by atoms with Crippen molar-refractivity contribution in [2.24, 2.45) is 0 Å². The fourth-order valence-corrected chi connectivity index (χ4v) is 6.71. The zero-order valence-electron chi connectivity index (χ0n) is 32.0. The molecule has 11 nitrogen and oxygen atoms in total. The van der Waals surface area contributed by atoms with Gasteiger partial charge in [0.25, 0.3) is 0 Å². The fraction of sp³-hybridized carbons (Fsp3) is 0.286. The van der Waals surface area contributed by atoms with Crippen LogP contribution in [0.1, 0.15) is 80.6 Å². The molecule has 6 rings (SSSR count). The summed E-state index contributed by atoms with van der Waals surface area (Å²) in [7, 11) is 0. The van der Waals surface area contributed by atoms with E-state index in [0.29, 0.717) is 24.2 Å². The van der Waals surface area contributed by atoms with Crippen LogP contribution >= 0.6 is 11.6 Å². The summed E-state index contributed by atoms with van der Waals surface area (Å²) >= 11 is 6.57. The predicted molar refractivity (Wildman–Crippen MR) is 218 cm³/mol. The Morgan fingerprint density at radius 3 is 2.11 bits per heavy atom. The van der Waals surface area contributed by atoms with Gasteiger partial charge in [-0.3, -0.25) is 9.59 Å². The van der Waals surface area contributed by atoms with E-state index < -0.39 is 51.9 Å². The van der Waals surface area contributed by atoms with E-state index in [1.807, 2.05) is 20.8 Å². The number of nitrogens with zero attached hydrogens (tertiary/aromatic N) is 4. The SMILES string of the molecule is CC.C\C=C/C(F)=C\C=C\n1cc(C(=O)O)c(=O)c2cc(F)c(N(CC)[C@H](CC)CO)c(Cl)c21.O=C(O)c1cn(C2CC2)c2cc(-n3cccc3)c(F)cc2c1=O. The number of carboxylic acid groups (broad SMARTS) is 2. The van der Waals surface area contributed by atoms with Crippen LogP contribution in [0.4, 0.5) is 18.9 Å². The third-order valence-electron chi connectivity index (χ3n) is 9.15. The molecule has 2 aromatic carbocycles. The molecule has 3 aromatic heterocycles. The van der Waals surface area contributed by atoms with Gasteiger partial charge in [0.05, 0.1) is 45.5 Å². The lowest BCUT2D eigenvalue weighted by molar-refractivity contribution is 0.0684. The number of hydrogen-bond acceptors (Lipinski definition) is 6. The van der Waals surface area contributed by atoms with Gasteiger partial charge in [0, 0.05) is 49.0 Å². The van der Waals surface area contributed by atoms with E-state index in [2.05, 4.69) is 0 Å². The molecule has 0 spiro atoms. The van der Waals surface area contributed by atoms with Gasteiger partial charge in [-0.05, 0) is 81.7 Å². The van der Waals surface area contributed by atoms with E-state index in [0.717, 1.165) is 37.2 Å². The van der Waals surface area contributed by atoms with Crippen molar-refractivity contribution < 1.29 is 38.1 Å². The number of aliphatic hydroxyl groups excluding tert-OH is 1. The molecule has 1 aliphatic rings. The number of aliphatic hydroxyl groups is 1. The van der Waals surface area contributed by atoms with Gasteiger partial charge in [0.2, 0.25) is 10.9 Å². The number of allylic oxidation sites excluding steroid dienone is 5. The fourth-order valence-electron chi connectivity index (χ4n) is 6.31. The number of aromatic nitrogens is 3. The van der Waals surface area contributed by atoms with E-state index in [4.69, 9.17) is 11.6 Å². The summed E-state index contributed by atoms with van der Waals surface area (Å²) in [4.78, 5) is 49.5. The zero-order chi connectivity index (χ0) is 42.1. The number of benzene rings is 2. The molecule has 0 unspecified atom stereocenters. The van der Waals surface area contributed by atoms with Gasteiger partial charge in [0.1, 0.15) is 28.6 Å². The van der Waals surface area contributed by atoms with Crippen molar-refractivity contribution in [3.8, 4) is 5.69 Å². The minimum atomic E-state index is -1.49. The van der Waals surface area contributed by atoms with Crippen LogP contribution in [0.5, 0.6) is 0 Å². The van der Waals surface area contributed by atoms with E-state index in [-0.39, 0.29) is 45.2 Å². The number of halogens is 4. The Bertz CT molecular complexity index is 2480. The molecule has 3 heterocycles. The maximum Gasteiger partial charge on any atom is 0.341 e. The van der Waals surface area contributed by atoms with Crippen molar-refractivity contribution >= 4 is 57.2 Å². The molecule has 302 valence electrons. The minimum absolute atomic E-state index is 0.0113. The number of rotatable bonds is 12. The maximum atomic E-state index is 15.1. The molecule has 0 radical (unpaired) electrons. The standard InChI is InChI=1S/C23H25ClF2N2O4.C17H13FN2O3.C2H6/c1-4-8-14(25)9-7-10-27-12-17(23(31)32)22(30)16-11-18(26)21(19(24)20(16)27)28(6-3)15(5-2)13-29;18-13-7-11-14(8-15(13)19-5-1-2-6-19)20(10-3-4-10)9-12(16(11)21)17(22)23;1-2/h4,7-12,15,29H,5-6,13H2,1-3H3,(H,31,32);1-2,5-10H,3-4H2,(H,22,23);1-2H3/b8-4-,10-7+,14-9+;;/t15-;;/m1../s1. The molecule has 3 N–H and O–H groups in total. The number of aromatic carboxylic acids is 2. The van der Waals surface area contributed by atoms with Gasteiger partial charge in [0.15, 0.2) is 0 Å². The molecule has 0 amide bonds. The number of pyridine rings is 2. The van der Waals surface area contributed by atoms with Gasteiger partial charge >= 0.3 is 11.9 Å². The lowest BCUT2D eigenvalue weighted by Gasteiger charge is -2.32. The van der Waals surface area contributed by atoms with Crippen LogP contribution in [0.25, 0.3) is 33.7 Å². The number of fused-ring (bicyclic) bond motifs is 2. The molecule has 5 aromatic rings. The zero-order valence-corrected chi connectivity index (χ0v) is 32.8. The number of likely N-dealkylation sites (N-methyl/N-ethyl adjacent to an activating group) is 1. The van der Waals surface area contributed by atoms with Crippen molar-refractivity contribution in [2.75, 3.05) is 18.1 Å². The quantitative estimate of drug-likeness (QED) is 0.106. The van der Waals surface area contributed by atoms with Crippen LogP contribution in [0.2, 0.25) is 5.02 Å². The van der Waals surface area contributed by atoms with E-state index in [1.165, 1.54) is 35.2 Å². The summed E-state index contributed by atoms with van der Waals surface area (Å²) in [6.07, 6.45) is 14.7. The highest BCUT2D eigenvalue weighted by atomic mass is 35.5. The topological polar surface area (TPSA) is 147 Å². The largest absolute Gasteiger partial charge is 0.477 e. The first-order chi connectivity index (χ1) is 27.3. The van der Waals surface area contributed by atoms with Gasteiger partial charge in [-0.25, -0.2) is 22.8 Å². The first kappa shape index (κ1) is 43.9. The minimum Gasteiger partial charge on any atom is -0.477 e. The lowest BCUT2D eigenvalue weighted by Crippen LogP contribution is -2.38. The smallest absolute Gasteiger partial charge is 0.341 e. The Morgan fingerprint density at radius 1 is 0.965 bits per heavy atom. The van der Waals surface area contributed by atoms with Crippen LogP contribution in [0.15, 0.2) is 94.8 Å². The van der Waals surface area contributed by atoms with Crippen LogP contribution < -0.4 is 15.8 Å². The molecule has 0 aliphatic heterocycles. The second-order valence-corrected chi connectivity index (χ2v) is 13.0. The second-order valence-electron chi connectivity index (χ2n) is 12.7. The first-order valence-electron chi connectivity index (χ1n) is 18.4. The second kappa shape index (κ2) is 19.3. The normalized spacial score (nSPS) is 13.4. The maximum absolute atomic E-state index is 15.1. The van der Waals surface area contributed by atoms with Crippen LogP contribution in [0, 0.1) is 11.6 Å². The summed E-state index contributed by atoms with van der Waals surface area (Å²) in [5, 5.41) is 28.1. The molecular weight excluding hydrogens is 765 g/mol. The van der Waals surface area contributed by atoms with Crippen LogP contribution in [-0.2, 0) is 0 Å². The van der Waals surface area contributed by atoms with E-state index >= 15 is 4.39 Å². The van der Waals surface area contributed by atoms with Crippen molar-refractivity contribution in [1.29, 1.82) is 0 Å². The Kier molecular flexibility index (Phi) is 14.9. The number of anilines is 1. The highest BCUT2D eigenvalue weighted by Gasteiger charge is 2.28. The highest BCUT2D eigenvalue weighted by Crippen LogP contribution is 2.38. The molecule has 1 aliphatic carbocycles. The molecular formula is C42H44ClF3N4O7. The molecule has 15 heteroatoms. The van der Waals surface area contributed by atoms with Gasteiger partial charge < -0.3 is 33.9 Å². The summed E-state index contributed by atoms with van der Waals surface area (Å²) in [5.41, 5.74) is -1.50. The van der Waals surface area contributed by atoms with Crippen molar-refractivity contribution in [1.82, 2.24) is 13.7 Å². The van der Waals surface area contributed by atoms with Gasteiger partial charge in [-0.1, -0.05) is 38.4 Å². The number of carboxylic acids is 2. The summed E-state index contributed by atoms with van der Waals surface area (Å²) < 4.78 is 47.9. The Balaban J connectivity index is 0.000000252. The Morgan fingerprint density at radius 2 is 1.56 bits per heavy atom. The average Bonchev–Trinajstić information content (AvgIpc) is 3.88. The highest BCUT2D eigenvalue weighted by molar-refractivity contribution is 6.38. The van der Waals surface area contributed by atoms with Crippen LogP contribution in [-0.4, -0.2) is 60.2 Å². The summed E-state index contributed by atoms with van der Waals surface area (Å²) in [6, 6.07) is 7.00. The Hall–Kier alpha value is -5.86. The lowest BCUT2D eigenvalue weighted by atomic mass is 10.1. The number of hydrogen-bond donors (Lipinski definition) is 3. The summed E-state index contributed by atoms with van der Waals surface area (Å²) in [5.74, 6) is -4.70. The molecule has 0 saturated heterocycles.